The van der Waals surface area contributed by atoms with E-state index in [4.69, 9.17) is 0 Å². The lowest BCUT2D eigenvalue weighted by Crippen LogP contribution is -2.29. The fourth-order valence-corrected chi connectivity index (χ4v) is 3.27. The minimum atomic E-state index is -0.258. The first kappa shape index (κ1) is 23.3. The molecule has 154 valence electrons. The molecule has 0 saturated carbocycles. The Morgan fingerprint density at radius 3 is 1.78 bits per heavy atom. The van der Waals surface area contributed by atoms with Crippen molar-refractivity contribution in [2.75, 3.05) is 11.9 Å². The largest absolute Gasteiger partial charge is 0.506 e. The summed E-state index contributed by atoms with van der Waals surface area (Å²) in [6.07, 6.45) is 18.6. The van der Waals surface area contributed by atoms with Crippen LogP contribution in [0, 0.1) is 0 Å². The van der Waals surface area contributed by atoms with Gasteiger partial charge in [-0.3, -0.25) is 0 Å². The molecule has 4 heteroatoms. The number of rotatable bonds is 16. The van der Waals surface area contributed by atoms with Crippen LogP contribution < -0.4 is 10.6 Å². The molecule has 3 N–H and O–H groups in total. The number of unbranched alkanes of at least 4 members (excludes halogenated alkanes) is 13. The molecule has 0 fully saturated rings. The van der Waals surface area contributed by atoms with Gasteiger partial charge in [0.15, 0.2) is 0 Å². The second-order valence-corrected chi connectivity index (χ2v) is 7.49. The van der Waals surface area contributed by atoms with Crippen molar-refractivity contribution in [1.29, 1.82) is 0 Å². The average Bonchev–Trinajstić information content (AvgIpc) is 2.66. The molecule has 0 atom stereocenters. The molecule has 1 aromatic carbocycles. The fourth-order valence-electron chi connectivity index (χ4n) is 3.27. The molecule has 0 spiro atoms. The quantitative estimate of drug-likeness (QED) is 0.215. The van der Waals surface area contributed by atoms with Crippen molar-refractivity contribution < 1.29 is 9.90 Å². The highest BCUT2D eigenvalue weighted by Gasteiger charge is 2.04. The summed E-state index contributed by atoms with van der Waals surface area (Å²) in [5.41, 5.74) is 0.441. The van der Waals surface area contributed by atoms with Crippen LogP contribution >= 0.6 is 0 Å². The number of benzene rings is 1. The highest BCUT2D eigenvalue weighted by molar-refractivity contribution is 5.90. The van der Waals surface area contributed by atoms with Crippen LogP contribution in [0.5, 0.6) is 5.75 Å². The molecule has 4 nitrogen and oxygen atoms in total. The number of hydrogen-bond acceptors (Lipinski definition) is 2. The van der Waals surface area contributed by atoms with Gasteiger partial charge in [0.1, 0.15) is 5.75 Å². The normalized spacial score (nSPS) is 10.7. The molecule has 1 aromatic rings. The highest BCUT2D eigenvalue weighted by Crippen LogP contribution is 2.21. The van der Waals surface area contributed by atoms with Gasteiger partial charge >= 0.3 is 6.03 Å². The molecule has 0 radical (unpaired) electrons. The first-order valence-electron chi connectivity index (χ1n) is 11.1. The van der Waals surface area contributed by atoms with Crippen LogP contribution in [0.25, 0.3) is 0 Å². The Morgan fingerprint density at radius 1 is 0.778 bits per heavy atom. The van der Waals surface area contributed by atoms with E-state index in [9.17, 15) is 9.90 Å². The van der Waals surface area contributed by atoms with Gasteiger partial charge in [0.25, 0.3) is 0 Å². The van der Waals surface area contributed by atoms with Gasteiger partial charge in [0.05, 0.1) is 5.69 Å². The number of anilines is 1. The van der Waals surface area contributed by atoms with Crippen LogP contribution in [-0.4, -0.2) is 17.7 Å². The van der Waals surface area contributed by atoms with Gasteiger partial charge in [-0.2, -0.15) is 0 Å². The van der Waals surface area contributed by atoms with E-state index in [-0.39, 0.29) is 11.8 Å². The van der Waals surface area contributed by atoms with Crippen molar-refractivity contribution in [2.45, 2.75) is 96.8 Å². The third-order valence-corrected chi connectivity index (χ3v) is 4.97. The van der Waals surface area contributed by atoms with Gasteiger partial charge in [0, 0.05) is 6.54 Å². The lowest BCUT2D eigenvalue weighted by molar-refractivity contribution is 0.251. The van der Waals surface area contributed by atoms with Crippen molar-refractivity contribution in [3.8, 4) is 5.75 Å². The summed E-state index contributed by atoms with van der Waals surface area (Å²) >= 11 is 0. The first-order chi connectivity index (χ1) is 13.2. The van der Waals surface area contributed by atoms with Gasteiger partial charge < -0.3 is 15.7 Å². The zero-order chi connectivity index (χ0) is 19.6. The van der Waals surface area contributed by atoms with Gasteiger partial charge in [-0.15, -0.1) is 0 Å². The maximum absolute atomic E-state index is 11.8. The number of nitrogens with one attached hydrogen (secondary N) is 2. The molecule has 0 unspecified atom stereocenters. The summed E-state index contributed by atoms with van der Waals surface area (Å²) in [4.78, 5) is 11.8. The van der Waals surface area contributed by atoms with E-state index < -0.39 is 0 Å². The Balaban J connectivity index is 1.82. The summed E-state index contributed by atoms with van der Waals surface area (Å²) in [6, 6.07) is 6.49. The van der Waals surface area contributed by atoms with Crippen molar-refractivity contribution in [1.82, 2.24) is 5.32 Å². The van der Waals surface area contributed by atoms with E-state index in [1.54, 1.807) is 24.3 Å². The van der Waals surface area contributed by atoms with Crippen LogP contribution in [0.2, 0.25) is 0 Å². The van der Waals surface area contributed by atoms with Crippen LogP contribution in [0.1, 0.15) is 96.8 Å². The van der Waals surface area contributed by atoms with Crippen molar-refractivity contribution in [2.24, 2.45) is 0 Å². The van der Waals surface area contributed by atoms with E-state index in [2.05, 4.69) is 17.6 Å². The second-order valence-electron chi connectivity index (χ2n) is 7.49. The van der Waals surface area contributed by atoms with Crippen molar-refractivity contribution in [3.63, 3.8) is 0 Å². The molecular formula is C23H40N2O2. The first-order valence-corrected chi connectivity index (χ1v) is 11.1. The van der Waals surface area contributed by atoms with E-state index in [1.807, 2.05) is 0 Å². The molecule has 27 heavy (non-hydrogen) atoms. The lowest BCUT2D eigenvalue weighted by Gasteiger charge is -2.08. The number of urea groups is 1. The van der Waals surface area contributed by atoms with Crippen molar-refractivity contribution in [3.05, 3.63) is 24.3 Å². The molecule has 0 aromatic heterocycles. The Kier molecular flexibility index (Phi) is 14.2. The summed E-state index contributed by atoms with van der Waals surface area (Å²) in [7, 11) is 0. The van der Waals surface area contributed by atoms with Gasteiger partial charge in [-0.1, -0.05) is 103 Å². The zero-order valence-electron chi connectivity index (χ0n) is 17.3. The van der Waals surface area contributed by atoms with Crippen LogP contribution in [0.4, 0.5) is 10.5 Å². The number of carbonyl (C=O) groups is 1. The number of phenols is 1. The smallest absolute Gasteiger partial charge is 0.319 e. The summed E-state index contributed by atoms with van der Waals surface area (Å²) < 4.78 is 0. The van der Waals surface area contributed by atoms with Crippen molar-refractivity contribution >= 4 is 11.7 Å². The number of aromatic hydroxyl groups is 1. The average molecular weight is 377 g/mol. The lowest BCUT2D eigenvalue weighted by atomic mass is 10.0. The molecule has 2 amide bonds. The molecule has 0 heterocycles. The number of hydrogen-bond donors (Lipinski definition) is 3. The topological polar surface area (TPSA) is 61.4 Å². The van der Waals surface area contributed by atoms with E-state index in [1.165, 1.54) is 77.0 Å². The molecule has 1 rings (SSSR count). The third kappa shape index (κ3) is 13.2. The zero-order valence-corrected chi connectivity index (χ0v) is 17.3. The molecule has 0 aliphatic heterocycles. The molecule has 0 saturated heterocycles. The Labute approximate surface area is 166 Å². The van der Waals surface area contributed by atoms with Crippen LogP contribution in [0.3, 0.4) is 0 Å². The molecule has 0 bridgehead atoms. The summed E-state index contributed by atoms with van der Waals surface area (Å²) in [5, 5.41) is 15.1. The minimum Gasteiger partial charge on any atom is -0.506 e. The SMILES string of the molecule is CCCCCCCCCCCCCCCCNC(=O)Nc1ccccc1O. The Morgan fingerprint density at radius 2 is 1.26 bits per heavy atom. The monoisotopic (exact) mass is 376 g/mol. The third-order valence-electron chi connectivity index (χ3n) is 4.97. The standard InChI is InChI=1S/C23H40N2O2/c1-2-3-4-5-6-7-8-9-10-11-12-13-14-17-20-24-23(27)25-21-18-15-16-19-22(21)26/h15-16,18-19,26H,2-14,17,20H2,1H3,(H2,24,25,27). The van der Waals surface area contributed by atoms with Gasteiger partial charge in [-0.25, -0.2) is 4.79 Å². The molecule has 0 aliphatic rings. The maximum Gasteiger partial charge on any atom is 0.319 e. The number of amides is 2. The van der Waals surface area contributed by atoms with E-state index >= 15 is 0 Å². The highest BCUT2D eigenvalue weighted by atomic mass is 16.3. The second kappa shape index (κ2) is 16.5. The van der Waals surface area contributed by atoms with Crippen LogP contribution in [0.15, 0.2) is 24.3 Å². The Bertz CT molecular complexity index is 491. The van der Waals surface area contributed by atoms with E-state index in [0.717, 1.165) is 12.8 Å². The minimum absolute atomic E-state index is 0.0872. The van der Waals surface area contributed by atoms with Crippen LogP contribution in [-0.2, 0) is 0 Å². The fraction of sp³-hybridized carbons (Fsp3) is 0.696. The van der Waals surface area contributed by atoms with Gasteiger partial charge in [-0.05, 0) is 18.6 Å². The number of phenolic OH excluding ortho intramolecular Hbond substituents is 1. The Hall–Kier alpha value is -1.71. The summed E-state index contributed by atoms with van der Waals surface area (Å²) in [6.45, 7) is 2.95. The summed E-state index contributed by atoms with van der Waals surface area (Å²) in [5.74, 6) is 0.0872. The molecule has 0 aliphatic carbocycles. The van der Waals surface area contributed by atoms with E-state index in [0.29, 0.717) is 12.2 Å². The molecular weight excluding hydrogens is 336 g/mol. The number of para-hydroxylation sites is 2. The maximum atomic E-state index is 11.8. The number of carbonyl (C=O) groups excluding carboxylic acids is 1. The predicted octanol–water partition coefficient (Wildman–Crippen LogP) is 7.00. The predicted molar refractivity (Wildman–Crippen MR) is 115 cm³/mol. The van der Waals surface area contributed by atoms with Gasteiger partial charge in [0.2, 0.25) is 0 Å².